The maximum Gasteiger partial charge on any atom is 0.0450 e. The molecule has 0 aliphatic carbocycles. The summed E-state index contributed by atoms with van der Waals surface area (Å²) < 4.78 is 2.04. The number of hydrogen-bond donors (Lipinski definition) is 0. The molecule has 0 aliphatic rings. The van der Waals surface area contributed by atoms with Crippen molar-refractivity contribution in [2.75, 3.05) is 0 Å². The summed E-state index contributed by atoms with van der Waals surface area (Å²) in [5.41, 5.74) is 1.13. The molecular weight excluding hydrogens is 174 g/mol. The topological polar surface area (TPSA) is 4.93 Å². The zero-order valence-electron chi connectivity index (χ0n) is 6.44. The van der Waals surface area contributed by atoms with Gasteiger partial charge in [0.2, 0.25) is 0 Å². The highest BCUT2D eigenvalue weighted by Crippen LogP contribution is 2.12. The zero-order chi connectivity index (χ0) is 8.39. The van der Waals surface area contributed by atoms with E-state index in [1.807, 2.05) is 53.4 Å². The van der Waals surface area contributed by atoms with Gasteiger partial charge < -0.3 is 4.57 Å². The lowest BCUT2D eigenvalue weighted by molar-refractivity contribution is 1.08. The minimum Gasteiger partial charge on any atom is -0.324 e. The van der Waals surface area contributed by atoms with Gasteiger partial charge in [0.25, 0.3) is 0 Å². The number of rotatable bonds is 1. The molecule has 0 unspecified atom stereocenters. The number of nitrogens with zero attached hydrogens (tertiary/aromatic N) is 1. The van der Waals surface area contributed by atoms with Crippen LogP contribution in [0.4, 0.5) is 0 Å². The molecule has 1 aromatic carbocycles. The summed E-state index contributed by atoms with van der Waals surface area (Å²) in [7, 11) is 0. The Balaban J connectivity index is 2.43. The van der Waals surface area contributed by atoms with Crippen molar-refractivity contribution in [1.29, 1.82) is 0 Å². The normalized spacial score (nSPS) is 10.1. The van der Waals surface area contributed by atoms with Crippen molar-refractivity contribution in [2.24, 2.45) is 0 Å². The second kappa shape index (κ2) is 3.03. The molecule has 0 amide bonds. The molecule has 2 rings (SSSR count). The Hall–Kier alpha value is -1.21. The number of benzene rings is 1. The predicted octanol–water partition coefficient (Wildman–Crippen LogP) is 3.13. The molecule has 0 radical (unpaired) electrons. The molecule has 0 saturated carbocycles. The van der Waals surface area contributed by atoms with Crippen LogP contribution >= 0.6 is 11.6 Å². The van der Waals surface area contributed by atoms with E-state index in [1.54, 1.807) is 0 Å². The number of halogens is 1. The molecule has 1 aromatic heterocycles. The minimum absolute atomic E-state index is 0.769. The van der Waals surface area contributed by atoms with Gasteiger partial charge in [-0.15, -0.1) is 0 Å². The molecule has 0 spiro atoms. The number of hydrogen-bond acceptors (Lipinski definition) is 0. The van der Waals surface area contributed by atoms with E-state index < -0.39 is 0 Å². The van der Waals surface area contributed by atoms with E-state index in [1.165, 1.54) is 0 Å². The van der Waals surface area contributed by atoms with Crippen molar-refractivity contribution in [3.8, 4) is 5.69 Å². The molecule has 0 bridgehead atoms. The van der Waals surface area contributed by atoms with E-state index in [0.29, 0.717) is 0 Å². The van der Waals surface area contributed by atoms with Gasteiger partial charge in [-0.25, -0.2) is 0 Å². The van der Waals surface area contributed by atoms with Gasteiger partial charge in [0.1, 0.15) is 0 Å². The molecule has 0 aliphatic heterocycles. The van der Waals surface area contributed by atoms with Gasteiger partial charge in [-0.05, 0) is 36.4 Å². The Morgan fingerprint density at radius 2 is 1.50 bits per heavy atom. The van der Waals surface area contributed by atoms with Crippen molar-refractivity contribution in [2.45, 2.75) is 0 Å². The lowest BCUT2D eigenvalue weighted by Gasteiger charge is -2.01. The standard InChI is InChI=1S/C10H8ClN/c11-9-3-5-10(6-4-9)12-7-1-2-8-12/h1-8H/i1+1,2+1,7+1,8+1. The van der Waals surface area contributed by atoms with E-state index in [9.17, 15) is 0 Å². The minimum atomic E-state index is 0.769. The molecular formula is C10H8ClN. The maximum atomic E-state index is 5.76. The van der Waals surface area contributed by atoms with E-state index in [4.69, 9.17) is 11.6 Å². The molecule has 1 nitrogen and oxygen atoms in total. The van der Waals surface area contributed by atoms with Crippen LogP contribution < -0.4 is 0 Å². The SMILES string of the molecule is Clc1ccc(-n2[13cH][13cH][13cH][13cH]2)cc1. The predicted molar refractivity (Wildman–Crippen MR) is 50.8 cm³/mol. The third-order valence-electron chi connectivity index (χ3n) is 1.73. The third kappa shape index (κ3) is 1.36. The summed E-state index contributed by atoms with van der Waals surface area (Å²) in [4.78, 5) is 0. The van der Waals surface area contributed by atoms with Crippen molar-refractivity contribution in [1.82, 2.24) is 4.57 Å². The van der Waals surface area contributed by atoms with E-state index in [-0.39, 0.29) is 0 Å². The molecule has 1 heterocycles. The first-order valence-electron chi connectivity index (χ1n) is 3.75. The molecule has 60 valence electrons. The van der Waals surface area contributed by atoms with Crippen molar-refractivity contribution >= 4 is 11.6 Å². The maximum absolute atomic E-state index is 5.76. The van der Waals surface area contributed by atoms with Crippen LogP contribution in [-0.4, -0.2) is 4.57 Å². The number of aromatic nitrogens is 1. The van der Waals surface area contributed by atoms with Crippen LogP contribution in [0.5, 0.6) is 0 Å². The van der Waals surface area contributed by atoms with Crippen molar-refractivity contribution in [3.63, 3.8) is 0 Å². The van der Waals surface area contributed by atoms with Gasteiger partial charge in [-0.3, -0.25) is 0 Å². The van der Waals surface area contributed by atoms with E-state index in [2.05, 4.69) is 0 Å². The van der Waals surface area contributed by atoms with Crippen LogP contribution in [0.2, 0.25) is 5.02 Å². The summed E-state index contributed by atoms with van der Waals surface area (Å²) in [5, 5.41) is 0.769. The van der Waals surface area contributed by atoms with E-state index in [0.717, 1.165) is 10.7 Å². The fourth-order valence-corrected chi connectivity index (χ4v) is 1.25. The summed E-state index contributed by atoms with van der Waals surface area (Å²) in [6, 6.07) is 11.7. The van der Waals surface area contributed by atoms with Crippen LogP contribution in [0.1, 0.15) is 0 Å². The largest absolute Gasteiger partial charge is 0.324 e. The van der Waals surface area contributed by atoms with Gasteiger partial charge in [-0.2, -0.15) is 0 Å². The van der Waals surface area contributed by atoms with Crippen LogP contribution in [0.3, 0.4) is 0 Å². The first-order valence-corrected chi connectivity index (χ1v) is 4.13. The molecule has 2 aromatic rings. The van der Waals surface area contributed by atoms with Gasteiger partial charge in [0, 0.05) is 23.1 Å². The quantitative estimate of drug-likeness (QED) is 0.637. The van der Waals surface area contributed by atoms with E-state index >= 15 is 0 Å². The summed E-state index contributed by atoms with van der Waals surface area (Å²) in [6.45, 7) is 0. The van der Waals surface area contributed by atoms with Gasteiger partial charge in [-0.1, -0.05) is 11.6 Å². The summed E-state index contributed by atoms with van der Waals surface area (Å²) >= 11 is 5.76. The lowest BCUT2D eigenvalue weighted by Crippen LogP contribution is -1.87. The van der Waals surface area contributed by atoms with Crippen molar-refractivity contribution in [3.05, 3.63) is 53.8 Å². The second-order valence-corrected chi connectivity index (χ2v) is 3.00. The molecule has 12 heavy (non-hydrogen) atoms. The Kier molecular flexibility index (Phi) is 1.88. The Morgan fingerprint density at radius 1 is 0.917 bits per heavy atom. The van der Waals surface area contributed by atoms with Crippen LogP contribution in [0.25, 0.3) is 5.69 Å². The van der Waals surface area contributed by atoms with Gasteiger partial charge >= 0.3 is 0 Å². The Morgan fingerprint density at radius 3 is 2.08 bits per heavy atom. The van der Waals surface area contributed by atoms with Gasteiger partial charge in [0.05, 0.1) is 0 Å². The average Bonchev–Trinajstić information content (AvgIpc) is 2.58. The molecule has 2 heteroatoms. The lowest BCUT2D eigenvalue weighted by atomic mass is 10.3. The molecule has 0 saturated heterocycles. The highest BCUT2D eigenvalue weighted by Gasteiger charge is 1.92. The first-order chi connectivity index (χ1) is 5.86. The fraction of sp³-hybridized carbons (Fsp3) is 0. The smallest absolute Gasteiger partial charge is 0.0450 e. The van der Waals surface area contributed by atoms with Crippen LogP contribution in [0, 0.1) is 0 Å². The molecule has 0 atom stereocenters. The highest BCUT2D eigenvalue weighted by atomic mass is 35.5. The Labute approximate surface area is 76.2 Å². The molecule has 0 fully saturated rings. The third-order valence-corrected chi connectivity index (χ3v) is 1.98. The fourth-order valence-electron chi connectivity index (χ4n) is 1.12. The van der Waals surface area contributed by atoms with Gasteiger partial charge in [0.15, 0.2) is 0 Å². The second-order valence-electron chi connectivity index (χ2n) is 2.57. The molecule has 0 N–H and O–H groups in total. The van der Waals surface area contributed by atoms with Crippen LogP contribution in [-0.2, 0) is 0 Å². The van der Waals surface area contributed by atoms with Crippen molar-refractivity contribution < 1.29 is 0 Å². The first kappa shape index (κ1) is 7.44. The monoisotopic (exact) mass is 181 g/mol. The highest BCUT2D eigenvalue weighted by molar-refractivity contribution is 6.30. The van der Waals surface area contributed by atoms with Crippen LogP contribution in [0.15, 0.2) is 48.8 Å². The zero-order valence-corrected chi connectivity index (χ0v) is 7.20. The summed E-state index contributed by atoms with van der Waals surface area (Å²) in [5.74, 6) is 0. The average molecular weight is 182 g/mol. The Bertz CT molecular complexity index is 348. The summed E-state index contributed by atoms with van der Waals surface area (Å²) in [6.07, 6.45) is 4.01.